The molecule has 1 aromatic carbocycles. The first-order valence-corrected chi connectivity index (χ1v) is 7.07. The van der Waals surface area contributed by atoms with Crippen LogP contribution < -0.4 is 10.5 Å². The normalized spacial score (nSPS) is 14.8. The smallest absolute Gasteiger partial charge is 0.276 e. The first-order chi connectivity index (χ1) is 7.97. The molecule has 6 heteroatoms. The van der Waals surface area contributed by atoms with Crippen LogP contribution in [0.4, 0.5) is 5.69 Å². The van der Waals surface area contributed by atoms with Gasteiger partial charge in [0.05, 0.1) is 0 Å². The van der Waals surface area contributed by atoms with Crippen LogP contribution in [0.3, 0.4) is 0 Å². The van der Waals surface area contributed by atoms with Crippen LogP contribution in [-0.2, 0) is 23.1 Å². The molecule has 0 saturated carbocycles. The molecule has 0 unspecified atom stereocenters. The molecule has 94 valence electrons. The molecule has 0 amide bonds. The topological polar surface area (TPSA) is 75.4 Å². The van der Waals surface area contributed by atoms with Crippen molar-refractivity contribution >= 4 is 15.9 Å². The first kappa shape index (κ1) is 12.3. The Bertz CT molecular complexity index is 513. The zero-order valence-corrected chi connectivity index (χ0v) is 10.6. The summed E-state index contributed by atoms with van der Waals surface area (Å²) in [6, 6.07) is 6.20. The molecule has 1 aromatic rings. The van der Waals surface area contributed by atoms with Gasteiger partial charge in [-0.1, -0.05) is 12.1 Å². The molecule has 0 bridgehead atoms. The van der Waals surface area contributed by atoms with E-state index in [1.807, 2.05) is 6.07 Å². The molecule has 0 fully saturated rings. The molecule has 3 N–H and O–H groups in total. The Balaban J connectivity index is 2.01. The predicted molar refractivity (Wildman–Crippen MR) is 68.1 cm³/mol. The monoisotopic (exact) mass is 255 g/mol. The van der Waals surface area contributed by atoms with E-state index in [0.717, 1.165) is 18.5 Å². The van der Waals surface area contributed by atoms with E-state index in [1.165, 1.54) is 22.6 Å². The highest BCUT2D eigenvalue weighted by molar-refractivity contribution is 7.86. The summed E-state index contributed by atoms with van der Waals surface area (Å²) in [6.45, 7) is 1.39. The Kier molecular flexibility index (Phi) is 3.37. The average Bonchev–Trinajstić information content (AvgIpc) is 2.71. The second-order valence-corrected chi connectivity index (χ2v) is 5.94. The van der Waals surface area contributed by atoms with Crippen LogP contribution in [0, 0.1) is 0 Å². The molecule has 0 radical (unpaired) electrons. The molecular formula is C11H17N3O2S. The minimum atomic E-state index is -3.56. The van der Waals surface area contributed by atoms with Gasteiger partial charge in [-0.15, -0.1) is 0 Å². The maximum Gasteiger partial charge on any atom is 0.276 e. The number of benzene rings is 1. The standard InChI is InChI=1S/C11H17N3O2S/c1-14(17(12,15)16)7-5-9-2-3-11-10(8-9)4-6-13-11/h2-3,8,13H,4-7H2,1H3,(H2,12,15,16). The van der Waals surface area contributed by atoms with Crippen molar-refractivity contribution in [3.8, 4) is 0 Å². The van der Waals surface area contributed by atoms with Crippen LogP contribution >= 0.6 is 0 Å². The summed E-state index contributed by atoms with van der Waals surface area (Å²) in [5, 5.41) is 8.31. The summed E-state index contributed by atoms with van der Waals surface area (Å²) in [7, 11) is -2.07. The molecule has 5 nitrogen and oxygen atoms in total. The zero-order valence-electron chi connectivity index (χ0n) is 9.81. The highest BCUT2D eigenvalue weighted by Gasteiger charge is 2.13. The number of hydrogen-bond acceptors (Lipinski definition) is 3. The summed E-state index contributed by atoms with van der Waals surface area (Å²) in [5.74, 6) is 0. The zero-order chi connectivity index (χ0) is 12.5. The number of rotatable bonds is 4. The van der Waals surface area contributed by atoms with Crippen molar-refractivity contribution in [2.75, 3.05) is 25.5 Å². The minimum absolute atomic E-state index is 0.408. The molecule has 0 aromatic heterocycles. The largest absolute Gasteiger partial charge is 0.384 e. The van der Waals surface area contributed by atoms with Crippen molar-refractivity contribution in [2.45, 2.75) is 12.8 Å². The number of anilines is 1. The highest BCUT2D eigenvalue weighted by Crippen LogP contribution is 2.23. The fourth-order valence-electron chi connectivity index (χ4n) is 1.93. The van der Waals surface area contributed by atoms with E-state index in [1.54, 1.807) is 0 Å². The fraction of sp³-hybridized carbons (Fsp3) is 0.455. The van der Waals surface area contributed by atoms with Crippen molar-refractivity contribution in [1.82, 2.24) is 4.31 Å². The molecular weight excluding hydrogens is 238 g/mol. The van der Waals surface area contributed by atoms with E-state index in [4.69, 9.17) is 5.14 Å². The molecule has 0 atom stereocenters. The van der Waals surface area contributed by atoms with Crippen molar-refractivity contribution in [3.05, 3.63) is 29.3 Å². The van der Waals surface area contributed by atoms with Crippen molar-refractivity contribution in [3.63, 3.8) is 0 Å². The Hall–Kier alpha value is -1.11. The fourth-order valence-corrected chi connectivity index (χ4v) is 2.27. The number of nitrogens with zero attached hydrogens (tertiary/aromatic N) is 1. The van der Waals surface area contributed by atoms with Crippen LogP contribution in [0.25, 0.3) is 0 Å². The number of fused-ring (bicyclic) bond motifs is 1. The number of nitrogens with one attached hydrogen (secondary N) is 1. The number of hydrogen-bond donors (Lipinski definition) is 2. The quantitative estimate of drug-likeness (QED) is 0.814. The van der Waals surface area contributed by atoms with Gasteiger partial charge in [-0.05, 0) is 30.0 Å². The van der Waals surface area contributed by atoms with E-state index in [0.29, 0.717) is 13.0 Å². The van der Waals surface area contributed by atoms with E-state index >= 15 is 0 Å². The van der Waals surface area contributed by atoms with Gasteiger partial charge in [-0.25, -0.2) is 5.14 Å². The third-order valence-electron chi connectivity index (χ3n) is 3.03. The Morgan fingerprint density at radius 2 is 2.24 bits per heavy atom. The first-order valence-electron chi connectivity index (χ1n) is 5.56. The van der Waals surface area contributed by atoms with Crippen LogP contribution in [0.2, 0.25) is 0 Å². The summed E-state index contributed by atoms with van der Waals surface area (Å²) < 4.78 is 23.2. The molecule has 1 aliphatic heterocycles. The van der Waals surface area contributed by atoms with Crippen LogP contribution in [0.15, 0.2) is 18.2 Å². The Morgan fingerprint density at radius 3 is 2.94 bits per heavy atom. The van der Waals surface area contributed by atoms with Gasteiger partial charge in [-0.3, -0.25) is 0 Å². The van der Waals surface area contributed by atoms with E-state index in [9.17, 15) is 8.42 Å². The lowest BCUT2D eigenvalue weighted by Gasteiger charge is -2.13. The Morgan fingerprint density at radius 1 is 1.47 bits per heavy atom. The summed E-state index contributed by atoms with van der Waals surface area (Å²) >= 11 is 0. The SMILES string of the molecule is CN(CCc1ccc2c(c1)CCN2)S(N)(=O)=O. The van der Waals surface area contributed by atoms with Crippen molar-refractivity contribution in [2.24, 2.45) is 5.14 Å². The Labute approximate surface area is 102 Å². The number of likely N-dealkylation sites (N-methyl/N-ethyl adjacent to an activating group) is 1. The molecule has 17 heavy (non-hydrogen) atoms. The van der Waals surface area contributed by atoms with Crippen LogP contribution in [0.1, 0.15) is 11.1 Å². The summed E-state index contributed by atoms with van der Waals surface area (Å²) in [6.07, 6.45) is 1.72. The van der Waals surface area contributed by atoms with Gasteiger partial charge in [-0.2, -0.15) is 12.7 Å². The van der Waals surface area contributed by atoms with Gasteiger partial charge in [0.15, 0.2) is 0 Å². The van der Waals surface area contributed by atoms with Gasteiger partial charge in [0.2, 0.25) is 0 Å². The van der Waals surface area contributed by atoms with Gasteiger partial charge in [0.25, 0.3) is 10.2 Å². The minimum Gasteiger partial charge on any atom is -0.384 e. The van der Waals surface area contributed by atoms with Crippen LogP contribution in [0.5, 0.6) is 0 Å². The van der Waals surface area contributed by atoms with Gasteiger partial charge in [0, 0.05) is 25.8 Å². The van der Waals surface area contributed by atoms with Crippen molar-refractivity contribution < 1.29 is 8.42 Å². The summed E-state index contributed by atoms with van der Waals surface area (Å²) in [4.78, 5) is 0. The van der Waals surface area contributed by atoms with Gasteiger partial charge < -0.3 is 5.32 Å². The summed E-state index contributed by atoms with van der Waals surface area (Å²) in [5.41, 5.74) is 3.64. The average molecular weight is 255 g/mol. The lowest BCUT2D eigenvalue weighted by molar-refractivity contribution is 0.474. The van der Waals surface area contributed by atoms with Gasteiger partial charge in [0.1, 0.15) is 0 Å². The number of nitrogens with two attached hydrogens (primary N) is 1. The highest BCUT2D eigenvalue weighted by atomic mass is 32.2. The van der Waals surface area contributed by atoms with Crippen LogP contribution in [-0.4, -0.2) is 32.9 Å². The van der Waals surface area contributed by atoms with E-state index < -0.39 is 10.2 Å². The van der Waals surface area contributed by atoms with Crippen molar-refractivity contribution in [1.29, 1.82) is 0 Å². The van der Waals surface area contributed by atoms with E-state index in [-0.39, 0.29) is 0 Å². The second-order valence-electron chi connectivity index (χ2n) is 4.28. The van der Waals surface area contributed by atoms with E-state index in [2.05, 4.69) is 17.4 Å². The molecule has 0 saturated heterocycles. The maximum absolute atomic E-state index is 11.0. The molecule has 1 heterocycles. The lowest BCUT2D eigenvalue weighted by atomic mass is 10.1. The lowest BCUT2D eigenvalue weighted by Crippen LogP contribution is -2.34. The molecule has 0 spiro atoms. The predicted octanol–water partition coefficient (Wildman–Crippen LogP) is 0.332. The van der Waals surface area contributed by atoms with Gasteiger partial charge >= 0.3 is 0 Å². The third-order valence-corrected chi connectivity index (χ3v) is 4.08. The molecule has 2 rings (SSSR count). The molecule has 0 aliphatic carbocycles. The second kappa shape index (κ2) is 4.64. The third kappa shape index (κ3) is 2.96. The molecule has 1 aliphatic rings. The maximum atomic E-state index is 11.0.